The fourth-order valence-electron chi connectivity index (χ4n) is 1.98. The fourth-order valence-corrected chi connectivity index (χ4v) is 1.98. The molecule has 0 heterocycles. The predicted molar refractivity (Wildman–Crippen MR) is 72.0 cm³/mol. The highest BCUT2D eigenvalue weighted by Crippen LogP contribution is 2.16. The molecule has 0 bridgehead atoms. The van der Waals surface area contributed by atoms with Crippen LogP contribution in [0.4, 0.5) is 10.1 Å². The molecule has 1 atom stereocenters. The number of rotatable bonds is 7. The van der Waals surface area contributed by atoms with E-state index in [1.54, 1.807) is 12.1 Å². The molecule has 1 rings (SSSR count). The van der Waals surface area contributed by atoms with Crippen molar-refractivity contribution in [3.8, 4) is 0 Å². The minimum Gasteiger partial charge on any atom is -0.370 e. The lowest BCUT2D eigenvalue weighted by Crippen LogP contribution is -2.40. The molecule has 0 aliphatic carbocycles. The van der Waals surface area contributed by atoms with Crippen LogP contribution < -0.4 is 10.2 Å². The van der Waals surface area contributed by atoms with E-state index >= 15 is 0 Å². The second kappa shape index (κ2) is 7.28. The Morgan fingerprint density at radius 3 is 2.59 bits per heavy atom. The quantitative estimate of drug-likeness (QED) is 0.785. The average Bonchev–Trinajstić information content (AvgIpc) is 2.34. The molecule has 0 aliphatic heterocycles. The summed E-state index contributed by atoms with van der Waals surface area (Å²) >= 11 is 0. The summed E-state index contributed by atoms with van der Waals surface area (Å²) in [5, 5.41) is 3.45. The van der Waals surface area contributed by atoms with Crippen LogP contribution in [0.25, 0.3) is 0 Å². The standard InChI is InChI=1S/C14H23FN2/c1-4-13(16-5-2)11-17(6-3)14-9-7-8-12(15)10-14/h7-10,13,16H,4-6,11H2,1-3H3. The van der Waals surface area contributed by atoms with Gasteiger partial charge in [-0.15, -0.1) is 0 Å². The second-order valence-corrected chi connectivity index (χ2v) is 4.18. The summed E-state index contributed by atoms with van der Waals surface area (Å²) in [5.41, 5.74) is 0.962. The van der Waals surface area contributed by atoms with Crippen molar-refractivity contribution in [2.75, 3.05) is 24.5 Å². The smallest absolute Gasteiger partial charge is 0.125 e. The molecule has 0 spiro atoms. The normalized spacial score (nSPS) is 12.5. The lowest BCUT2D eigenvalue weighted by molar-refractivity contribution is 0.505. The average molecular weight is 238 g/mol. The van der Waals surface area contributed by atoms with Gasteiger partial charge in [0, 0.05) is 24.8 Å². The van der Waals surface area contributed by atoms with Crippen molar-refractivity contribution in [1.29, 1.82) is 0 Å². The lowest BCUT2D eigenvalue weighted by Gasteiger charge is -2.28. The third-order valence-electron chi connectivity index (χ3n) is 2.98. The first kappa shape index (κ1) is 14.0. The maximum absolute atomic E-state index is 13.2. The zero-order valence-electron chi connectivity index (χ0n) is 11.0. The van der Waals surface area contributed by atoms with Crippen molar-refractivity contribution in [1.82, 2.24) is 5.32 Å². The zero-order valence-corrected chi connectivity index (χ0v) is 11.0. The first-order valence-electron chi connectivity index (χ1n) is 6.45. The molecule has 0 saturated heterocycles. The highest BCUT2D eigenvalue weighted by molar-refractivity contribution is 5.46. The first-order chi connectivity index (χ1) is 8.21. The number of likely N-dealkylation sites (N-methyl/N-ethyl adjacent to an activating group) is 2. The molecular weight excluding hydrogens is 215 g/mol. The van der Waals surface area contributed by atoms with Crippen LogP contribution in [-0.4, -0.2) is 25.7 Å². The molecule has 1 N–H and O–H groups in total. The topological polar surface area (TPSA) is 15.3 Å². The molecule has 0 amide bonds. The summed E-state index contributed by atoms with van der Waals surface area (Å²) < 4.78 is 13.2. The summed E-state index contributed by atoms with van der Waals surface area (Å²) in [5.74, 6) is -0.169. The van der Waals surface area contributed by atoms with Gasteiger partial charge < -0.3 is 10.2 Å². The van der Waals surface area contributed by atoms with Crippen LogP contribution in [0.5, 0.6) is 0 Å². The molecule has 2 nitrogen and oxygen atoms in total. The molecule has 3 heteroatoms. The number of benzene rings is 1. The van der Waals surface area contributed by atoms with Crippen LogP contribution in [-0.2, 0) is 0 Å². The lowest BCUT2D eigenvalue weighted by atomic mass is 10.2. The Kier molecular flexibility index (Phi) is 5.98. The van der Waals surface area contributed by atoms with Crippen LogP contribution in [0.1, 0.15) is 27.2 Å². The number of halogens is 1. The van der Waals surface area contributed by atoms with Crippen molar-refractivity contribution in [3.63, 3.8) is 0 Å². The van der Waals surface area contributed by atoms with Gasteiger partial charge in [-0.2, -0.15) is 0 Å². The molecule has 0 saturated carbocycles. The van der Waals surface area contributed by atoms with E-state index in [0.29, 0.717) is 6.04 Å². The highest BCUT2D eigenvalue weighted by atomic mass is 19.1. The van der Waals surface area contributed by atoms with Crippen LogP contribution in [0.2, 0.25) is 0 Å². The third kappa shape index (κ3) is 4.35. The van der Waals surface area contributed by atoms with Crippen molar-refractivity contribution in [2.45, 2.75) is 33.2 Å². The maximum atomic E-state index is 13.2. The van der Waals surface area contributed by atoms with Crippen LogP contribution in [0.3, 0.4) is 0 Å². The van der Waals surface area contributed by atoms with Gasteiger partial charge in [0.15, 0.2) is 0 Å². The van der Waals surface area contributed by atoms with Crippen LogP contribution in [0, 0.1) is 5.82 Å². The van der Waals surface area contributed by atoms with Gasteiger partial charge in [-0.3, -0.25) is 0 Å². The highest BCUT2D eigenvalue weighted by Gasteiger charge is 2.11. The number of nitrogens with one attached hydrogen (secondary N) is 1. The van der Waals surface area contributed by atoms with E-state index in [9.17, 15) is 4.39 Å². The van der Waals surface area contributed by atoms with E-state index in [2.05, 4.69) is 31.0 Å². The van der Waals surface area contributed by atoms with E-state index in [1.807, 2.05) is 6.07 Å². The predicted octanol–water partition coefficient (Wildman–Crippen LogP) is 3.04. The second-order valence-electron chi connectivity index (χ2n) is 4.18. The van der Waals surface area contributed by atoms with E-state index in [-0.39, 0.29) is 5.82 Å². The van der Waals surface area contributed by atoms with E-state index < -0.39 is 0 Å². The molecule has 1 unspecified atom stereocenters. The molecule has 0 radical (unpaired) electrons. The van der Waals surface area contributed by atoms with Gasteiger partial charge >= 0.3 is 0 Å². The van der Waals surface area contributed by atoms with Crippen LogP contribution >= 0.6 is 0 Å². The van der Waals surface area contributed by atoms with Crippen molar-refractivity contribution < 1.29 is 4.39 Å². The Bertz CT molecular complexity index is 328. The van der Waals surface area contributed by atoms with E-state index in [0.717, 1.165) is 31.7 Å². The molecule has 1 aromatic rings. The van der Waals surface area contributed by atoms with Gasteiger partial charge in [-0.1, -0.05) is 19.9 Å². The Hall–Kier alpha value is -1.09. The molecule has 0 aliphatic rings. The Morgan fingerprint density at radius 1 is 1.29 bits per heavy atom. The summed E-state index contributed by atoms with van der Waals surface area (Å²) in [6, 6.07) is 7.27. The summed E-state index contributed by atoms with van der Waals surface area (Å²) in [7, 11) is 0. The fraction of sp³-hybridized carbons (Fsp3) is 0.571. The summed E-state index contributed by atoms with van der Waals surface area (Å²) in [4.78, 5) is 2.21. The Labute approximate surface area is 104 Å². The van der Waals surface area contributed by atoms with Gasteiger partial charge in [0.2, 0.25) is 0 Å². The number of hydrogen-bond donors (Lipinski definition) is 1. The van der Waals surface area contributed by atoms with Gasteiger partial charge in [-0.25, -0.2) is 4.39 Å². The summed E-state index contributed by atoms with van der Waals surface area (Å²) in [6.07, 6.45) is 1.08. The van der Waals surface area contributed by atoms with E-state index in [1.165, 1.54) is 6.07 Å². The molecular formula is C14H23FN2. The van der Waals surface area contributed by atoms with Crippen molar-refractivity contribution >= 4 is 5.69 Å². The van der Waals surface area contributed by atoms with Gasteiger partial charge in [0.05, 0.1) is 0 Å². The minimum atomic E-state index is -0.169. The number of nitrogens with zero attached hydrogens (tertiary/aromatic N) is 1. The first-order valence-corrected chi connectivity index (χ1v) is 6.45. The van der Waals surface area contributed by atoms with Gasteiger partial charge in [0.1, 0.15) is 5.82 Å². The van der Waals surface area contributed by atoms with Crippen molar-refractivity contribution in [3.05, 3.63) is 30.1 Å². The maximum Gasteiger partial charge on any atom is 0.125 e. The van der Waals surface area contributed by atoms with E-state index in [4.69, 9.17) is 0 Å². The molecule has 0 aromatic heterocycles. The Balaban J connectivity index is 2.70. The van der Waals surface area contributed by atoms with Gasteiger partial charge in [0.25, 0.3) is 0 Å². The summed E-state index contributed by atoms with van der Waals surface area (Å²) in [6.45, 7) is 9.17. The molecule has 17 heavy (non-hydrogen) atoms. The molecule has 96 valence electrons. The largest absolute Gasteiger partial charge is 0.370 e. The monoisotopic (exact) mass is 238 g/mol. The zero-order chi connectivity index (χ0) is 12.7. The SMILES string of the molecule is CCNC(CC)CN(CC)c1cccc(F)c1. The molecule has 0 fully saturated rings. The third-order valence-corrected chi connectivity index (χ3v) is 2.98. The Morgan fingerprint density at radius 2 is 2.06 bits per heavy atom. The number of hydrogen-bond acceptors (Lipinski definition) is 2. The van der Waals surface area contributed by atoms with Crippen LogP contribution in [0.15, 0.2) is 24.3 Å². The van der Waals surface area contributed by atoms with Gasteiger partial charge in [-0.05, 0) is 38.1 Å². The van der Waals surface area contributed by atoms with Crippen molar-refractivity contribution in [2.24, 2.45) is 0 Å². The number of anilines is 1. The minimum absolute atomic E-state index is 0.169. The molecule has 1 aromatic carbocycles.